The lowest BCUT2D eigenvalue weighted by Gasteiger charge is -2.67. The summed E-state index contributed by atoms with van der Waals surface area (Å²) in [4.78, 5) is 11.0. The Morgan fingerprint density at radius 2 is 1.67 bits per heavy atom. The zero-order chi connectivity index (χ0) is 15.3. The maximum absolute atomic E-state index is 12.0. The number of ether oxygens (including phenoxy) is 2. The average Bonchev–Trinajstić information content (AvgIpc) is 2.25. The van der Waals surface area contributed by atoms with Crippen molar-refractivity contribution < 1.29 is 32.5 Å². The molecular weight excluding hydrogens is 289 g/mol. The molecule has 3 fully saturated rings. The summed E-state index contributed by atoms with van der Waals surface area (Å²) in [5.41, 5.74) is -0.618. The molecule has 7 heteroatoms. The normalized spacial score (nSPS) is 30.0. The number of hydrogen-bond donors (Lipinski definition) is 1. The predicted octanol–water partition coefficient (Wildman–Crippen LogP) is 3.22. The minimum absolute atomic E-state index is 0.0699. The molecule has 3 aliphatic carbocycles. The van der Waals surface area contributed by atoms with Crippen LogP contribution in [0.4, 0.5) is 13.2 Å². The maximum Gasteiger partial charge on any atom is 0.573 e. The van der Waals surface area contributed by atoms with Gasteiger partial charge in [0.05, 0.1) is 12.0 Å². The topological polar surface area (TPSA) is 55.8 Å². The molecule has 0 atom stereocenters. The molecule has 21 heavy (non-hydrogen) atoms. The van der Waals surface area contributed by atoms with E-state index in [1.54, 1.807) is 0 Å². The minimum Gasteiger partial charge on any atom is -0.493 e. The van der Waals surface area contributed by atoms with Crippen molar-refractivity contribution in [3.63, 3.8) is 0 Å². The molecule has 1 aromatic rings. The van der Waals surface area contributed by atoms with Crippen LogP contribution in [0.25, 0.3) is 0 Å². The van der Waals surface area contributed by atoms with Crippen molar-refractivity contribution in [2.24, 2.45) is 10.8 Å². The second-order valence-corrected chi connectivity index (χ2v) is 5.92. The van der Waals surface area contributed by atoms with Gasteiger partial charge in [0.25, 0.3) is 0 Å². The van der Waals surface area contributed by atoms with Gasteiger partial charge in [-0.05, 0) is 43.5 Å². The Balaban J connectivity index is 1.50. The number of aliphatic carboxylic acids is 1. The van der Waals surface area contributed by atoms with Gasteiger partial charge in [0.1, 0.15) is 11.5 Å². The summed E-state index contributed by atoms with van der Waals surface area (Å²) in [5.74, 6) is -0.609. The molecule has 0 radical (unpaired) electrons. The molecule has 0 heterocycles. The van der Waals surface area contributed by atoms with E-state index in [1.807, 2.05) is 0 Å². The molecule has 1 N–H and O–H groups in total. The van der Waals surface area contributed by atoms with Gasteiger partial charge in [0.2, 0.25) is 0 Å². The lowest BCUT2D eigenvalue weighted by atomic mass is 9.35. The molecule has 114 valence electrons. The Labute approximate surface area is 118 Å². The largest absolute Gasteiger partial charge is 0.573 e. The van der Waals surface area contributed by atoms with E-state index in [-0.39, 0.29) is 11.2 Å². The predicted molar refractivity (Wildman–Crippen MR) is 65.0 cm³/mol. The molecule has 4 nitrogen and oxygen atoms in total. The Kier molecular flexibility index (Phi) is 2.86. The van der Waals surface area contributed by atoms with Crippen LogP contribution in [0.3, 0.4) is 0 Å². The van der Waals surface area contributed by atoms with Crippen LogP contribution >= 0.6 is 0 Å². The van der Waals surface area contributed by atoms with Gasteiger partial charge in [-0.3, -0.25) is 4.79 Å². The van der Waals surface area contributed by atoms with Crippen LogP contribution in [0.15, 0.2) is 24.3 Å². The van der Waals surface area contributed by atoms with Crippen LogP contribution < -0.4 is 9.47 Å². The third-order valence-corrected chi connectivity index (χ3v) is 4.20. The summed E-state index contributed by atoms with van der Waals surface area (Å²) in [7, 11) is 0. The van der Waals surface area contributed by atoms with E-state index >= 15 is 0 Å². The van der Waals surface area contributed by atoms with Crippen LogP contribution in [0, 0.1) is 10.8 Å². The van der Waals surface area contributed by atoms with Gasteiger partial charge in [0, 0.05) is 5.41 Å². The monoisotopic (exact) mass is 302 g/mol. The van der Waals surface area contributed by atoms with Crippen LogP contribution in [-0.4, -0.2) is 24.0 Å². The van der Waals surface area contributed by atoms with Crippen LogP contribution in [0.1, 0.15) is 19.3 Å². The fourth-order valence-electron chi connectivity index (χ4n) is 3.35. The van der Waals surface area contributed by atoms with Gasteiger partial charge in [-0.1, -0.05) is 0 Å². The summed E-state index contributed by atoms with van der Waals surface area (Å²) in [6, 6.07) is 5.17. The molecule has 0 spiro atoms. The quantitative estimate of drug-likeness (QED) is 0.907. The maximum atomic E-state index is 12.0. The van der Waals surface area contributed by atoms with E-state index in [0.29, 0.717) is 31.6 Å². The van der Waals surface area contributed by atoms with E-state index < -0.39 is 17.7 Å². The third-order valence-electron chi connectivity index (χ3n) is 4.20. The molecule has 0 aliphatic heterocycles. The fraction of sp³-hybridized carbons (Fsp3) is 0.500. The van der Waals surface area contributed by atoms with Gasteiger partial charge in [-0.2, -0.15) is 0 Å². The van der Waals surface area contributed by atoms with Gasteiger partial charge >= 0.3 is 12.3 Å². The van der Waals surface area contributed by atoms with Gasteiger partial charge in [0.15, 0.2) is 0 Å². The number of hydrogen-bond acceptors (Lipinski definition) is 3. The first-order chi connectivity index (χ1) is 9.72. The van der Waals surface area contributed by atoms with Gasteiger partial charge in [-0.15, -0.1) is 13.2 Å². The van der Waals surface area contributed by atoms with Crippen LogP contribution in [0.5, 0.6) is 11.5 Å². The zero-order valence-corrected chi connectivity index (χ0v) is 10.9. The van der Waals surface area contributed by atoms with E-state index in [9.17, 15) is 18.0 Å². The Morgan fingerprint density at radius 1 is 1.14 bits per heavy atom. The SMILES string of the molecule is O=C(O)C12CC(COc3ccc(OC(F)(F)F)cc3)(C1)C2. The van der Waals surface area contributed by atoms with Crippen molar-refractivity contribution >= 4 is 5.97 Å². The summed E-state index contributed by atoms with van der Waals surface area (Å²) < 4.78 is 45.3. The summed E-state index contributed by atoms with van der Waals surface area (Å²) in [6.07, 6.45) is -2.86. The molecule has 2 bridgehead atoms. The highest BCUT2D eigenvalue weighted by Gasteiger charge is 2.72. The lowest BCUT2D eigenvalue weighted by molar-refractivity contribution is -0.274. The second-order valence-electron chi connectivity index (χ2n) is 5.92. The molecule has 0 aromatic heterocycles. The number of benzene rings is 1. The van der Waals surface area contributed by atoms with Crippen molar-refractivity contribution in [2.75, 3.05) is 6.61 Å². The Morgan fingerprint density at radius 3 is 2.14 bits per heavy atom. The van der Waals surface area contributed by atoms with Crippen molar-refractivity contribution in [2.45, 2.75) is 25.6 Å². The van der Waals surface area contributed by atoms with E-state index in [2.05, 4.69) is 4.74 Å². The highest BCUT2D eigenvalue weighted by Crippen LogP contribution is 2.73. The smallest absolute Gasteiger partial charge is 0.493 e. The van der Waals surface area contributed by atoms with Crippen LogP contribution in [-0.2, 0) is 4.79 Å². The first kappa shape index (κ1) is 14.0. The third kappa shape index (κ3) is 2.52. The molecule has 0 amide bonds. The summed E-state index contributed by atoms with van der Waals surface area (Å²) in [6.45, 7) is 0.390. The van der Waals surface area contributed by atoms with E-state index in [4.69, 9.17) is 9.84 Å². The molecule has 3 saturated carbocycles. The van der Waals surface area contributed by atoms with Crippen molar-refractivity contribution in [3.05, 3.63) is 24.3 Å². The number of carbonyl (C=O) groups is 1. The van der Waals surface area contributed by atoms with Crippen molar-refractivity contribution in [3.8, 4) is 11.5 Å². The number of rotatable bonds is 5. The van der Waals surface area contributed by atoms with E-state index in [0.717, 1.165) is 0 Å². The Hall–Kier alpha value is -1.92. The first-order valence-corrected chi connectivity index (χ1v) is 6.44. The zero-order valence-electron chi connectivity index (χ0n) is 10.9. The first-order valence-electron chi connectivity index (χ1n) is 6.44. The highest BCUT2D eigenvalue weighted by atomic mass is 19.4. The van der Waals surface area contributed by atoms with Crippen LogP contribution in [0.2, 0.25) is 0 Å². The van der Waals surface area contributed by atoms with Gasteiger partial charge < -0.3 is 14.6 Å². The minimum atomic E-state index is -4.71. The molecule has 1 aromatic carbocycles. The highest BCUT2D eigenvalue weighted by molar-refractivity contribution is 5.79. The van der Waals surface area contributed by atoms with Crippen molar-refractivity contribution in [1.82, 2.24) is 0 Å². The van der Waals surface area contributed by atoms with E-state index in [1.165, 1.54) is 24.3 Å². The molecular formula is C14H13F3O4. The summed E-state index contributed by atoms with van der Waals surface area (Å²) >= 11 is 0. The average molecular weight is 302 g/mol. The lowest BCUT2D eigenvalue weighted by Crippen LogP contribution is -2.67. The molecule has 0 unspecified atom stereocenters. The Bertz CT molecular complexity index is 545. The standard InChI is InChI=1S/C14H13F3O4/c15-14(16,17)21-10-3-1-9(2-4-10)20-8-12-5-13(6-12,7-12)11(18)19/h1-4H,5-8H2,(H,18,19). The number of halogens is 3. The molecule has 0 saturated heterocycles. The van der Waals surface area contributed by atoms with Crippen molar-refractivity contribution in [1.29, 1.82) is 0 Å². The second kappa shape index (κ2) is 4.29. The molecule has 4 rings (SSSR count). The number of carboxylic acids is 1. The number of alkyl halides is 3. The fourth-order valence-corrected chi connectivity index (χ4v) is 3.35. The summed E-state index contributed by atoms with van der Waals surface area (Å²) in [5, 5.41) is 9.01. The van der Waals surface area contributed by atoms with Gasteiger partial charge in [-0.25, -0.2) is 0 Å². The molecule has 3 aliphatic rings. The number of carboxylic acid groups (broad SMARTS) is 1.